The highest BCUT2D eigenvalue weighted by molar-refractivity contribution is 5.78. The highest BCUT2D eigenvalue weighted by Gasteiger charge is 2.24. The van der Waals surface area contributed by atoms with Crippen molar-refractivity contribution in [1.82, 2.24) is 15.1 Å². The summed E-state index contributed by atoms with van der Waals surface area (Å²) < 4.78 is 0. The van der Waals surface area contributed by atoms with Crippen LogP contribution < -0.4 is 5.32 Å². The molecule has 1 atom stereocenters. The molecule has 7 heteroatoms. The number of amides is 1. The normalized spacial score (nSPS) is 16.5. The highest BCUT2D eigenvalue weighted by Crippen LogP contribution is 2.24. The molecule has 0 radical (unpaired) electrons. The number of nitro benzene ring substituents is 1. The molecule has 1 N–H and O–H groups in total. The van der Waals surface area contributed by atoms with E-state index >= 15 is 0 Å². The molecule has 2 aromatic rings. The summed E-state index contributed by atoms with van der Waals surface area (Å²) in [6, 6.07) is 16.8. The topological polar surface area (TPSA) is 78.7 Å². The number of nitrogens with one attached hydrogen (secondary N) is 1. The maximum Gasteiger partial charge on any atom is 0.269 e. The van der Waals surface area contributed by atoms with Crippen molar-refractivity contribution in [3.63, 3.8) is 0 Å². The van der Waals surface area contributed by atoms with Gasteiger partial charge in [0.25, 0.3) is 5.69 Å². The van der Waals surface area contributed by atoms with Gasteiger partial charge in [0, 0.05) is 50.9 Å². The lowest BCUT2D eigenvalue weighted by molar-refractivity contribution is -0.385. The molecule has 0 bridgehead atoms. The van der Waals surface area contributed by atoms with Gasteiger partial charge in [0.05, 0.1) is 11.5 Å². The van der Waals surface area contributed by atoms with E-state index in [0.717, 1.165) is 37.3 Å². The quantitative estimate of drug-likeness (QED) is 0.588. The SMILES string of the molecule is CC(c1cccc([N+](=O)[O-])c1)N1CCN(CC(=O)NCc2ccccc2)CC1. The first kappa shape index (κ1) is 20.0. The van der Waals surface area contributed by atoms with E-state index < -0.39 is 0 Å². The van der Waals surface area contributed by atoms with E-state index in [9.17, 15) is 14.9 Å². The van der Waals surface area contributed by atoms with Crippen LogP contribution in [0.4, 0.5) is 5.69 Å². The average Bonchev–Trinajstić information content (AvgIpc) is 2.73. The minimum absolute atomic E-state index is 0.0315. The predicted molar refractivity (Wildman–Crippen MR) is 108 cm³/mol. The summed E-state index contributed by atoms with van der Waals surface area (Å²) in [4.78, 5) is 27.3. The van der Waals surface area contributed by atoms with Gasteiger partial charge in [-0.25, -0.2) is 0 Å². The Morgan fingerprint density at radius 2 is 1.82 bits per heavy atom. The molecule has 1 unspecified atom stereocenters. The summed E-state index contributed by atoms with van der Waals surface area (Å²) in [7, 11) is 0. The number of hydrogen-bond acceptors (Lipinski definition) is 5. The van der Waals surface area contributed by atoms with Crippen LogP contribution in [0.2, 0.25) is 0 Å². The van der Waals surface area contributed by atoms with Crippen molar-refractivity contribution in [3.05, 3.63) is 75.8 Å². The van der Waals surface area contributed by atoms with E-state index in [4.69, 9.17) is 0 Å². The largest absolute Gasteiger partial charge is 0.351 e. The van der Waals surface area contributed by atoms with Crippen LogP contribution in [0.15, 0.2) is 54.6 Å². The number of hydrogen-bond donors (Lipinski definition) is 1. The van der Waals surface area contributed by atoms with Crippen LogP contribution in [0.5, 0.6) is 0 Å². The molecule has 0 spiro atoms. The third-order valence-electron chi connectivity index (χ3n) is 5.22. The fourth-order valence-corrected chi connectivity index (χ4v) is 3.47. The Morgan fingerprint density at radius 3 is 2.50 bits per heavy atom. The summed E-state index contributed by atoms with van der Waals surface area (Å²) in [6.45, 7) is 6.28. The van der Waals surface area contributed by atoms with Crippen molar-refractivity contribution in [2.45, 2.75) is 19.5 Å². The van der Waals surface area contributed by atoms with Gasteiger partial charge in [-0.2, -0.15) is 0 Å². The molecular formula is C21H26N4O3. The minimum Gasteiger partial charge on any atom is -0.351 e. The number of carbonyl (C=O) groups excluding carboxylic acids is 1. The first-order valence-corrected chi connectivity index (χ1v) is 9.54. The van der Waals surface area contributed by atoms with Crippen molar-refractivity contribution in [2.24, 2.45) is 0 Å². The second-order valence-corrected chi connectivity index (χ2v) is 7.10. The summed E-state index contributed by atoms with van der Waals surface area (Å²) in [5, 5.41) is 14.0. The Morgan fingerprint density at radius 1 is 1.11 bits per heavy atom. The molecule has 148 valence electrons. The zero-order chi connectivity index (χ0) is 19.9. The molecule has 3 rings (SSSR count). The maximum atomic E-state index is 12.2. The Balaban J connectivity index is 1.45. The van der Waals surface area contributed by atoms with Gasteiger partial charge >= 0.3 is 0 Å². The summed E-state index contributed by atoms with van der Waals surface area (Å²) in [5.74, 6) is 0.0315. The van der Waals surface area contributed by atoms with Gasteiger partial charge in [0.1, 0.15) is 0 Å². The van der Waals surface area contributed by atoms with Crippen LogP contribution >= 0.6 is 0 Å². The molecule has 1 heterocycles. The Kier molecular flexibility index (Phi) is 6.73. The summed E-state index contributed by atoms with van der Waals surface area (Å²) in [6.07, 6.45) is 0. The van der Waals surface area contributed by atoms with Crippen molar-refractivity contribution in [1.29, 1.82) is 0 Å². The van der Waals surface area contributed by atoms with Crippen LogP contribution in [0.25, 0.3) is 0 Å². The minimum atomic E-state index is -0.359. The van der Waals surface area contributed by atoms with Gasteiger partial charge in [0.15, 0.2) is 0 Å². The number of non-ortho nitro benzene ring substituents is 1. The third kappa shape index (κ3) is 5.37. The predicted octanol–water partition coefficient (Wildman–Crippen LogP) is 2.59. The molecule has 2 aromatic carbocycles. The van der Waals surface area contributed by atoms with Gasteiger partial charge in [-0.3, -0.25) is 24.7 Å². The molecule has 1 amide bonds. The highest BCUT2D eigenvalue weighted by atomic mass is 16.6. The summed E-state index contributed by atoms with van der Waals surface area (Å²) in [5.41, 5.74) is 2.16. The molecule has 0 saturated carbocycles. The lowest BCUT2D eigenvalue weighted by Gasteiger charge is -2.37. The number of nitro groups is 1. The smallest absolute Gasteiger partial charge is 0.269 e. The zero-order valence-electron chi connectivity index (χ0n) is 16.1. The Hall–Kier alpha value is -2.77. The molecule has 1 aliphatic rings. The van der Waals surface area contributed by atoms with E-state index in [1.165, 1.54) is 6.07 Å². The van der Waals surface area contributed by atoms with Crippen molar-refractivity contribution >= 4 is 11.6 Å². The fraction of sp³-hybridized carbons (Fsp3) is 0.381. The van der Waals surface area contributed by atoms with Crippen molar-refractivity contribution in [2.75, 3.05) is 32.7 Å². The van der Waals surface area contributed by atoms with Crippen LogP contribution in [0.1, 0.15) is 24.1 Å². The van der Waals surface area contributed by atoms with Gasteiger partial charge < -0.3 is 5.32 Å². The second-order valence-electron chi connectivity index (χ2n) is 7.10. The maximum absolute atomic E-state index is 12.2. The molecule has 28 heavy (non-hydrogen) atoms. The summed E-state index contributed by atoms with van der Waals surface area (Å²) >= 11 is 0. The fourth-order valence-electron chi connectivity index (χ4n) is 3.47. The molecule has 1 aliphatic heterocycles. The Labute approximate surface area is 165 Å². The van der Waals surface area contributed by atoms with Gasteiger partial charge in [0.2, 0.25) is 5.91 Å². The number of benzene rings is 2. The second kappa shape index (κ2) is 9.43. The van der Waals surface area contributed by atoms with E-state index in [1.54, 1.807) is 12.1 Å². The van der Waals surface area contributed by atoms with E-state index in [-0.39, 0.29) is 22.6 Å². The Bertz CT molecular complexity index is 804. The van der Waals surface area contributed by atoms with Gasteiger partial charge in [-0.1, -0.05) is 42.5 Å². The molecule has 0 aromatic heterocycles. The van der Waals surface area contributed by atoms with Crippen LogP contribution in [0, 0.1) is 10.1 Å². The third-order valence-corrected chi connectivity index (χ3v) is 5.22. The van der Waals surface area contributed by atoms with Crippen LogP contribution in [0.3, 0.4) is 0 Å². The number of rotatable bonds is 7. The molecule has 7 nitrogen and oxygen atoms in total. The zero-order valence-corrected chi connectivity index (χ0v) is 16.1. The van der Waals surface area contributed by atoms with Crippen LogP contribution in [-0.2, 0) is 11.3 Å². The van der Waals surface area contributed by atoms with E-state index in [0.29, 0.717) is 13.1 Å². The standard InChI is InChI=1S/C21H26N4O3/c1-17(19-8-5-9-20(14-19)25(27)28)24-12-10-23(11-13-24)16-21(26)22-15-18-6-3-2-4-7-18/h2-9,14,17H,10-13,15-16H2,1H3,(H,22,26). The van der Waals surface area contributed by atoms with E-state index in [1.807, 2.05) is 36.4 Å². The average molecular weight is 382 g/mol. The molecular weight excluding hydrogens is 356 g/mol. The number of carbonyl (C=O) groups is 1. The first-order chi connectivity index (χ1) is 13.5. The lowest BCUT2D eigenvalue weighted by atomic mass is 10.1. The number of nitrogens with zero attached hydrogens (tertiary/aromatic N) is 3. The number of piperazine rings is 1. The lowest BCUT2D eigenvalue weighted by Crippen LogP contribution is -2.49. The van der Waals surface area contributed by atoms with Gasteiger partial charge in [-0.15, -0.1) is 0 Å². The van der Waals surface area contributed by atoms with E-state index in [2.05, 4.69) is 22.0 Å². The molecule has 1 fully saturated rings. The van der Waals surface area contributed by atoms with Crippen LogP contribution in [-0.4, -0.2) is 53.4 Å². The first-order valence-electron chi connectivity index (χ1n) is 9.54. The monoisotopic (exact) mass is 382 g/mol. The van der Waals surface area contributed by atoms with Gasteiger partial charge in [-0.05, 0) is 18.1 Å². The van der Waals surface area contributed by atoms with Crippen molar-refractivity contribution in [3.8, 4) is 0 Å². The molecule has 1 saturated heterocycles. The van der Waals surface area contributed by atoms with Crippen molar-refractivity contribution < 1.29 is 9.72 Å². The molecule has 0 aliphatic carbocycles.